The van der Waals surface area contributed by atoms with E-state index in [1.165, 1.54) is 19.1 Å². The fraction of sp³-hybridized carbons (Fsp3) is 0.286. The van der Waals surface area contributed by atoms with Gasteiger partial charge < -0.3 is 0 Å². The monoisotopic (exact) mass is 309 g/mol. The standard InChI is InChI=1S/C7H5Br2NO3/c1-7(10(12)13)2-4(8)6(11)5(9)3-7/h2-3H,1H3. The van der Waals surface area contributed by atoms with Gasteiger partial charge in [-0.15, -0.1) is 0 Å². The van der Waals surface area contributed by atoms with Gasteiger partial charge in [0.2, 0.25) is 5.78 Å². The first kappa shape index (κ1) is 10.6. The summed E-state index contributed by atoms with van der Waals surface area (Å²) >= 11 is 5.95. The van der Waals surface area contributed by atoms with Crippen LogP contribution in [0.3, 0.4) is 0 Å². The van der Waals surface area contributed by atoms with Gasteiger partial charge >= 0.3 is 0 Å². The molecular formula is C7H5Br2NO3. The summed E-state index contributed by atoms with van der Waals surface area (Å²) in [6.07, 6.45) is 2.56. The molecule has 0 unspecified atom stereocenters. The Morgan fingerprint density at radius 2 is 1.77 bits per heavy atom. The molecule has 0 spiro atoms. The molecule has 0 bridgehead atoms. The number of carbonyl (C=O) groups is 1. The molecule has 1 aliphatic rings. The third-order valence-corrected chi connectivity index (χ3v) is 2.84. The fourth-order valence-corrected chi connectivity index (χ4v) is 2.53. The van der Waals surface area contributed by atoms with Crippen molar-refractivity contribution in [3.05, 3.63) is 31.2 Å². The van der Waals surface area contributed by atoms with Crippen molar-refractivity contribution in [1.29, 1.82) is 0 Å². The molecule has 4 nitrogen and oxygen atoms in total. The van der Waals surface area contributed by atoms with Crippen LogP contribution >= 0.6 is 31.9 Å². The average molecular weight is 311 g/mol. The van der Waals surface area contributed by atoms with Gasteiger partial charge in [0, 0.05) is 24.0 Å². The second kappa shape index (κ2) is 3.34. The van der Waals surface area contributed by atoms with Gasteiger partial charge in [-0.25, -0.2) is 0 Å². The molecule has 0 fully saturated rings. The van der Waals surface area contributed by atoms with Crippen LogP contribution in [0.5, 0.6) is 0 Å². The zero-order valence-corrected chi connectivity index (χ0v) is 9.75. The van der Waals surface area contributed by atoms with Crippen molar-refractivity contribution in [1.82, 2.24) is 0 Å². The highest BCUT2D eigenvalue weighted by Crippen LogP contribution is 2.30. The summed E-state index contributed by atoms with van der Waals surface area (Å²) < 4.78 is 0.419. The number of allylic oxidation sites excluding steroid dienone is 2. The molecule has 0 saturated carbocycles. The maximum Gasteiger partial charge on any atom is 0.258 e. The molecule has 0 atom stereocenters. The van der Waals surface area contributed by atoms with E-state index in [-0.39, 0.29) is 14.7 Å². The summed E-state index contributed by atoms with van der Waals surface area (Å²) in [7, 11) is 0. The lowest BCUT2D eigenvalue weighted by Gasteiger charge is -2.17. The molecule has 13 heavy (non-hydrogen) atoms. The van der Waals surface area contributed by atoms with Gasteiger partial charge in [0.15, 0.2) is 0 Å². The number of rotatable bonds is 1. The van der Waals surface area contributed by atoms with Crippen molar-refractivity contribution in [3.8, 4) is 0 Å². The van der Waals surface area contributed by atoms with Crippen molar-refractivity contribution in [2.75, 3.05) is 0 Å². The Morgan fingerprint density at radius 3 is 2.08 bits per heavy atom. The number of Topliss-reactive ketones (excluding diaryl/α,β-unsaturated/α-hetero) is 1. The summed E-state index contributed by atoms with van der Waals surface area (Å²) in [4.78, 5) is 21.4. The lowest BCUT2D eigenvalue weighted by Crippen LogP contribution is -2.33. The zero-order chi connectivity index (χ0) is 10.2. The van der Waals surface area contributed by atoms with Gasteiger partial charge in [0.05, 0.1) is 8.96 Å². The molecule has 0 radical (unpaired) electrons. The van der Waals surface area contributed by atoms with Crippen LogP contribution in [-0.4, -0.2) is 16.2 Å². The summed E-state index contributed by atoms with van der Waals surface area (Å²) in [5.41, 5.74) is -1.31. The molecular weight excluding hydrogens is 306 g/mol. The van der Waals surface area contributed by atoms with Crippen molar-refractivity contribution < 1.29 is 9.72 Å². The fourth-order valence-electron chi connectivity index (χ4n) is 0.905. The van der Waals surface area contributed by atoms with Crippen LogP contribution in [0.25, 0.3) is 0 Å². The SMILES string of the molecule is CC1([N+](=O)[O-])C=C(Br)C(=O)C(Br)=C1. The molecule has 0 N–H and O–H groups in total. The minimum atomic E-state index is -1.31. The molecule has 0 aromatic carbocycles. The summed E-state index contributed by atoms with van der Waals surface area (Å²) in [6, 6.07) is 0. The van der Waals surface area contributed by atoms with Crippen LogP contribution < -0.4 is 0 Å². The molecule has 6 heteroatoms. The number of ketones is 1. The van der Waals surface area contributed by atoms with Crippen molar-refractivity contribution >= 4 is 37.6 Å². The summed E-state index contributed by atoms with van der Waals surface area (Å²) in [5.74, 6) is -0.278. The van der Waals surface area contributed by atoms with Crippen molar-refractivity contribution in [3.63, 3.8) is 0 Å². The predicted molar refractivity (Wildman–Crippen MR) is 54.4 cm³/mol. The summed E-state index contributed by atoms with van der Waals surface area (Å²) in [5, 5.41) is 10.6. The Bertz CT molecular complexity index is 324. The minimum absolute atomic E-state index is 0.209. The van der Waals surface area contributed by atoms with Crippen molar-refractivity contribution in [2.45, 2.75) is 12.5 Å². The lowest BCUT2D eigenvalue weighted by atomic mass is 9.97. The maximum atomic E-state index is 11.2. The van der Waals surface area contributed by atoms with Crippen LogP contribution in [0.15, 0.2) is 21.1 Å². The first-order valence-corrected chi connectivity index (χ1v) is 4.91. The molecule has 0 aromatic rings. The molecule has 70 valence electrons. The van der Waals surface area contributed by atoms with Crippen LogP contribution in [-0.2, 0) is 4.79 Å². The number of hydrogen-bond donors (Lipinski definition) is 0. The Labute approximate surface area is 91.1 Å². The normalized spacial score (nSPS) is 20.7. The third kappa shape index (κ3) is 1.88. The van der Waals surface area contributed by atoms with E-state index < -0.39 is 10.5 Å². The van der Waals surface area contributed by atoms with E-state index in [2.05, 4.69) is 31.9 Å². The lowest BCUT2D eigenvalue weighted by molar-refractivity contribution is -0.535. The Balaban J connectivity index is 3.20. The molecule has 0 aliphatic heterocycles. The predicted octanol–water partition coefficient (Wildman–Crippen LogP) is 2.16. The van der Waals surface area contributed by atoms with E-state index in [0.29, 0.717) is 0 Å². The quantitative estimate of drug-likeness (QED) is 0.551. The van der Waals surface area contributed by atoms with Gasteiger partial charge in [-0.1, -0.05) is 0 Å². The van der Waals surface area contributed by atoms with Gasteiger partial charge in [-0.2, -0.15) is 0 Å². The third-order valence-electron chi connectivity index (χ3n) is 1.67. The average Bonchev–Trinajstić information content (AvgIpc) is 2.00. The molecule has 0 saturated heterocycles. The molecule has 0 aromatic heterocycles. The van der Waals surface area contributed by atoms with Gasteiger partial charge in [-0.3, -0.25) is 14.9 Å². The maximum absolute atomic E-state index is 11.2. The highest BCUT2D eigenvalue weighted by atomic mass is 79.9. The van der Waals surface area contributed by atoms with E-state index in [4.69, 9.17) is 0 Å². The first-order valence-electron chi connectivity index (χ1n) is 3.33. The second-order valence-electron chi connectivity index (χ2n) is 2.80. The Kier molecular flexibility index (Phi) is 2.72. The highest BCUT2D eigenvalue weighted by Gasteiger charge is 2.38. The minimum Gasteiger partial charge on any atom is -0.287 e. The van der Waals surface area contributed by atoms with E-state index >= 15 is 0 Å². The number of nitrogens with zero attached hydrogens (tertiary/aromatic N) is 1. The van der Waals surface area contributed by atoms with Crippen LogP contribution in [0, 0.1) is 10.1 Å². The number of nitro groups is 1. The zero-order valence-electron chi connectivity index (χ0n) is 6.58. The number of carbonyl (C=O) groups excluding carboxylic acids is 1. The molecule has 1 rings (SSSR count). The topological polar surface area (TPSA) is 60.2 Å². The molecule has 1 aliphatic carbocycles. The van der Waals surface area contributed by atoms with Gasteiger partial charge in [0.1, 0.15) is 0 Å². The Morgan fingerprint density at radius 1 is 1.38 bits per heavy atom. The second-order valence-corrected chi connectivity index (χ2v) is 4.51. The number of halogens is 2. The van der Waals surface area contributed by atoms with Crippen LogP contribution in [0.1, 0.15) is 6.92 Å². The molecule has 0 amide bonds. The van der Waals surface area contributed by atoms with E-state index in [0.717, 1.165) is 0 Å². The molecule has 0 heterocycles. The van der Waals surface area contributed by atoms with Crippen LogP contribution in [0.4, 0.5) is 0 Å². The summed E-state index contributed by atoms with van der Waals surface area (Å²) in [6.45, 7) is 1.42. The van der Waals surface area contributed by atoms with Crippen LogP contribution in [0.2, 0.25) is 0 Å². The first-order chi connectivity index (χ1) is 5.87. The highest BCUT2D eigenvalue weighted by molar-refractivity contribution is 9.13. The Hall–Kier alpha value is -0.490. The van der Waals surface area contributed by atoms with E-state index in [9.17, 15) is 14.9 Å². The van der Waals surface area contributed by atoms with Crippen molar-refractivity contribution in [2.24, 2.45) is 0 Å². The van der Waals surface area contributed by atoms with E-state index in [1.54, 1.807) is 0 Å². The van der Waals surface area contributed by atoms with E-state index in [1.807, 2.05) is 0 Å². The van der Waals surface area contributed by atoms with Gasteiger partial charge in [0.25, 0.3) is 5.54 Å². The largest absolute Gasteiger partial charge is 0.287 e. The van der Waals surface area contributed by atoms with Gasteiger partial charge in [-0.05, 0) is 31.9 Å². The smallest absolute Gasteiger partial charge is 0.258 e. The number of hydrogen-bond acceptors (Lipinski definition) is 3.